The summed E-state index contributed by atoms with van der Waals surface area (Å²) in [5.74, 6) is 2.08. The van der Waals surface area contributed by atoms with Crippen molar-refractivity contribution in [3.05, 3.63) is 17.7 Å². The molecule has 0 radical (unpaired) electrons. The molecule has 35 heavy (non-hydrogen) atoms. The Labute approximate surface area is 207 Å². The van der Waals surface area contributed by atoms with Gasteiger partial charge in [-0.2, -0.15) is 0 Å². The Morgan fingerprint density at radius 1 is 1.17 bits per heavy atom. The van der Waals surface area contributed by atoms with Gasteiger partial charge in [-0.05, 0) is 37.8 Å². The van der Waals surface area contributed by atoms with Crippen molar-refractivity contribution in [1.82, 2.24) is 15.1 Å². The molecule has 0 spiro atoms. The molecular formula is C26H38N4O5. The van der Waals surface area contributed by atoms with Crippen LogP contribution < -0.4 is 14.8 Å². The average molecular weight is 487 g/mol. The molecule has 2 fully saturated rings. The zero-order valence-corrected chi connectivity index (χ0v) is 20.8. The molecule has 4 rings (SSSR count). The number of carbonyl (C=O) groups is 2. The summed E-state index contributed by atoms with van der Waals surface area (Å²) >= 11 is 0. The van der Waals surface area contributed by atoms with Crippen molar-refractivity contribution in [2.24, 2.45) is 4.99 Å². The maximum Gasteiger partial charge on any atom is 0.246 e. The van der Waals surface area contributed by atoms with E-state index in [9.17, 15) is 14.7 Å². The van der Waals surface area contributed by atoms with E-state index in [2.05, 4.69) is 10.3 Å². The fraction of sp³-hybridized carbons (Fsp3) is 0.654. The quantitative estimate of drug-likeness (QED) is 0.440. The molecule has 2 heterocycles. The number of nitrogens with one attached hydrogen (secondary N) is 1. The standard InChI is InChI=1S/C26H38N4O5/c1-34-25-20-17-29-18-23(32)28-26(29)27-21(20)12-13-22(25)35-16-8-3-2-7-11-24(33)30(14-15-31)19-9-5-4-6-10-19/h12-13,19,31H,2-11,14-18H2,1H3,(H,27,28,32). The maximum absolute atomic E-state index is 12.7. The van der Waals surface area contributed by atoms with Gasteiger partial charge in [-0.15, -0.1) is 0 Å². The van der Waals surface area contributed by atoms with E-state index in [0.29, 0.717) is 56.2 Å². The number of methoxy groups -OCH3 is 1. The second-order valence-corrected chi connectivity index (χ2v) is 9.55. The van der Waals surface area contributed by atoms with Gasteiger partial charge in [-0.3, -0.25) is 14.9 Å². The Morgan fingerprint density at radius 2 is 1.97 bits per heavy atom. The highest BCUT2D eigenvalue weighted by atomic mass is 16.5. The number of nitrogens with zero attached hydrogens (tertiary/aromatic N) is 3. The second-order valence-electron chi connectivity index (χ2n) is 9.55. The van der Waals surface area contributed by atoms with Gasteiger partial charge in [0, 0.05) is 24.6 Å². The van der Waals surface area contributed by atoms with E-state index < -0.39 is 0 Å². The van der Waals surface area contributed by atoms with Crippen LogP contribution in [0.25, 0.3) is 0 Å². The number of hydrogen-bond donors (Lipinski definition) is 2. The Hall–Kier alpha value is -2.81. The van der Waals surface area contributed by atoms with Gasteiger partial charge in [0.2, 0.25) is 17.8 Å². The number of aliphatic hydroxyl groups is 1. The molecule has 2 N–H and O–H groups in total. The van der Waals surface area contributed by atoms with Crippen LogP contribution in [0.3, 0.4) is 0 Å². The lowest BCUT2D eigenvalue weighted by molar-refractivity contribution is -0.135. The number of unbranched alkanes of at least 4 members (excludes halogenated alkanes) is 3. The molecule has 0 atom stereocenters. The van der Waals surface area contributed by atoms with E-state index >= 15 is 0 Å². The molecule has 192 valence electrons. The van der Waals surface area contributed by atoms with E-state index in [0.717, 1.165) is 49.8 Å². The van der Waals surface area contributed by atoms with Gasteiger partial charge >= 0.3 is 0 Å². The fourth-order valence-electron chi connectivity index (χ4n) is 5.29. The van der Waals surface area contributed by atoms with Gasteiger partial charge in [0.1, 0.15) is 6.54 Å². The lowest BCUT2D eigenvalue weighted by Gasteiger charge is -2.34. The third kappa shape index (κ3) is 6.25. The lowest BCUT2D eigenvalue weighted by atomic mass is 9.94. The van der Waals surface area contributed by atoms with Crippen LogP contribution in [0, 0.1) is 0 Å². The van der Waals surface area contributed by atoms with Crippen LogP contribution in [0.1, 0.15) is 69.8 Å². The number of benzene rings is 1. The first-order valence-electron chi connectivity index (χ1n) is 13.0. The van der Waals surface area contributed by atoms with Crippen LogP contribution in [-0.4, -0.2) is 72.1 Å². The predicted octanol–water partition coefficient (Wildman–Crippen LogP) is 3.11. The molecule has 9 nitrogen and oxygen atoms in total. The molecule has 2 aliphatic heterocycles. The molecule has 3 aliphatic rings. The summed E-state index contributed by atoms with van der Waals surface area (Å²) in [6.45, 7) is 1.91. The van der Waals surface area contributed by atoms with E-state index in [1.165, 1.54) is 19.3 Å². The molecule has 2 amide bonds. The van der Waals surface area contributed by atoms with E-state index in [4.69, 9.17) is 9.47 Å². The van der Waals surface area contributed by atoms with Gasteiger partial charge in [0.15, 0.2) is 11.5 Å². The zero-order chi connectivity index (χ0) is 24.6. The van der Waals surface area contributed by atoms with Crippen LogP contribution in [-0.2, 0) is 16.1 Å². The van der Waals surface area contributed by atoms with Gasteiger partial charge < -0.3 is 24.4 Å². The van der Waals surface area contributed by atoms with Gasteiger partial charge in [-0.25, -0.2) is 4.99 Å². The molecule has 0 aromatic heterocycles. The van der Waals surface area contributed by atoms with Gasteiger partial charge in [0.05, 0.1) is 32.6 Å². The van der Waals surface area contributed by atoms with Gasteiger partial charge in [0.25, 0.3) is 0 Å². The normalized spacial score (nSPS) is 17.4. The van der Waals surface area contributed by atoms with Crippen molar-refractivity contribution < 1.29 is 24.2 Å². The number of hydrogen-bond acceptors (Lipinski definition) is 7. The molecule has 1 saturated heterocycles. The molecule has 1 saturated carbocycles. The highest BCUT2D eigenvalue weighted by Gasteiger charge is 2.31. The van der Waals surface area contributed by atoms with Crippen LogP contribution >= 0.6 is 0 Å². The number of guanidine groups is 1. The van der Waals surface area contributed by atoms with Crippen molar-refractivity contribution in [2.75, 3.05) is 33.4 Å². The minimum Gasteiger partial charge on any atom is -0.492 e. The summed E-state index contributed by atoms with van der Waals surface area (Å²) in [6.07, 6.45) is 10.0. The van der Waals surface area contributed by atoms with Crippen LogP contribution in [0.4, 0.5) is 5.69 Å². The van der Waals surface area contributed by atoms with Gasteiger partial charge in [-0.1, -0.05) is 32.1 Å². The molecule has 1 aromatic carbocycles. The first-order valence-corrected chi connectivity index (χ1v) is 13.0. The minimum atomic E-state index is -0.0520. The second kappa shape index (κ2) is 12.2. The zero-order valence-electron chi connectivity index (χ0n) is 20.8. The van der Waals surface area contributed by atoms with Crippen molar-refractivity contribution in [2.45, 2.75) is 76.8 Å². The molecule has 9 heteroatoms. The summed E-state index contributed by atoms with van der Waals surface area (Å²) < 4.78 is 11.7. The number of amides is 2. The molecule has 1 aliphatic carbocycles. The number of carbonyl (C=O) groups excluding carboxylic acids is 2. The highest BCUT2D eigenvalue weighted by molar-refractivity contribution is 6.06. The SMILES string of the molecule is COc1c(OCCCCCCC(=O)N(CCO)C2CCCCC2)ccc2c1CN1CC(=O)NC1=N2. The van der Waals surface area contributed by atoms with Crippen LogP contribution in [0.2, 0.25) is 0 Å². The van der Waals surface area contributed by atoms with Crippen molar-refractivity contribution in [1.29, 1.82) is 0 Å². The van der Waals surface area contributed by atoms with Crippen molar-refractivity contribution >= 4 is 23.5 Å². The third-order valence-electron chi connectivity index (χ3n) is 7.08. The molecule has 0 bridgehead atoms. The van der Waals surface area contributed by atoms with Crippen LogP contribution in [0.15, 0.2) is 17.1 Å². The Kier molecular flexibility index (Phi) is 8.84. The van der Waals surface area contributed by atoms with E-state index in [1.54, 1.807) is 7.11 Å². The molecule has 1 aromatic rings. The summed E-state index contributed by atoms with van der Waals surface area (Å²) in [5, 5.41) is 12.2. The Bertz CT molecular complexity index is 929. The predicted molar refractivity (Wildman–Crippen MR) is 133 cm³/mol. The first kappa shape index (κ1) is 25.3. The summed E-state index contributed by atoms with van der Waals surface area (Å²) in [5.41, 5.74) is 1.71. The number of aliphatic hydroxyl groups excluding tert-OH is 1. The largest absolute Gasteiger partial charge is 0.492 e. The third-order valence-corrected chi connectivity index (χ3v) is 7.08. The first-order chi connectivity index (χ1) is 17.1. The number of fused-ring (bicyclic) bond motifs is 2. The summed E-state index contributed by atoms with van der Waals surface area (Å²) in [4.78, 5) is 32.8. The molecular weight excluding hydrogens is 448 g/mol. The minimum absolute atomic E-state index is 0.0340. The lowest BCUT2D eigenvalue weighted by Crippen LogP contribution is -2.43. The van der Waals surface area contributed by atoms with E-state index in [1.807, 2.05) is 21.9 Å². The monoisotopic (exact) mass is 486 g/mol. The van der Waals surface area contributed by atoms with Crippen molar-refractivity contribution in [3.63, 3.8) is 0 Å². The smallest absolute Gasteiger partial charge is 0.246 e. The molecule has 0 unspecified atom stereocenters. The maximum atomic E-state index is 12.7. The van der Waals surface area contributed by atoms with Crippen LogP contribution in [0.5, 0.6) is 11.5 Å². The number of ether oxygens (including phenoxy) is 2. The summed E-state index contributed by atoms with van der Waals surface area (Å²) in [6, 6.07) is 4.08. The number of aliphatic imine (C=N–C) groups is 1. The van der Waals surface area contributed by atoms with Crippen molar-refractivity contribution in [3.8, 4) is 11.5 Å². The Morgan fingerprint density at radius 3 is 2.74 bits per heavy atom. The fourth-order valence-corrected chi connectivity index (χ4v) is 5.29. The Balaban J connectivity index is 1.19. The van der Waals surface area contributed by atoms with E-state index in [-0.39, 0.29) is 18.4 Å². The summed E-state index contributed by atoms with van der Waals surface area (Å²) in [7, 11) is 1.62. The highest BCUT2D eigenvalue weighted by Crippen LogP contribution is 2.40. The number of rotatable bonds is 12. The topological polar surface area (TPSA) is 104 Å². The average Bonchev–Trinajstić information content (AvgIpc) is 3.24.